The van der Waals surface area contributed by atoms with E-state index in [0.29, 0.717) is 0 Å². The van der Waals surface area contributed by atoms with Crippen LogP contribution in [0.1, 0.15) is 6.42 Å². The lowest BCUT2D eigenvalue weighted by Gasteiger charge is -2.30. The molecule has 0 radical (unpaired) electrons. The maximum absolute atomic E-state index is 12.1. The average molecular weight is 417 g/mol. The predicted octanol–water partition coefficient (Wildman–Crippen LogP) is -0.216. The van der Waals surface area contributed by atoms with Crippen LogP contribution in [-0.4, -0.2) is 69.0 Å². The van der Waals surface area contributed by atoms with E-state index >= 15 is 0 Å². The molecule has 0 atom stereocenters. The van der Waals surface area contributed by atoms with E-state index in [1.807, 2.05) is 0 Å². The van der Waals surface area contributed by atoms with E-state index in [9.17, 15) is 22.7 Å². The highest BCUT2D eigenvalue weighted by Crippen LogP contribution is 2.68. The van der Waals surface area contributed by atoms with Gasteiger partial charge >= 0.3 is 15.2 Å². The Morgan fingerprint density at radius 2 is 1.48 bits per heavy atom. The van der Waals surface area contributed by atoms with Gasteiger partial charge in [0.15, 0.2) is 9.84 Å². The van der Waals surface area contributed by atoms with Gasteiger partial charge in [0.2, 0.25) is 0 Å². The van der Waals surface area contributed by atoms with Crippen LogP contribution in [0.25, 0.3) is 0 Å². The fourth-order valence-electron chi connectivity index (χ4n) is 1.94. The first-order valence-electron chi connectivity index (χ1n) is 7.01. The smallest absolute Gasteiger partial charge is 0.367 e. The highest BCUT2D eigenvalue weighted by atomic mass is 32.2. The van der Waals surface area contributed by atoms with Crippen molar-refractivity contribution in [1.82, 2.24) is 4.90 Å². The van der Waals surface area contributed by atoms with Gasteiger partial charge in [0.05, 0.1) is 10.6 Å². The first kappa shape index (κ1) is 22.4. The lowest BCUT2D eigenvalue weighted by Crippen LogP contribution is -2.35. The number of rotatable bonds is 9. The summed E-state index contributed by atoms with van der Waals surface area (Å²) in [5.41, 5.74) is 0. The first-order chi connectivity index (χ1) is 11.2. The summed E-state index contributed by atoms with van der Waals surface area (Å²) in [6.07, 6.45) is -0.927. The topological polar surface area (TPSA) is 173 Å². The van der Waals surface area contributed by atoms with E-state index in [2.05, 4.69) is 0 Å². The molecule has 1 aromatic rings. The molecule has 13 heteroatoms. The number of aliphatic hydroxyl groups is 1. The van der Waals surface area contributed by atoms with Crippen molar-refractivity contribution in [3.63, 3.8) is 0 Å². The molecule has 0 unspecified atom stereocenters. The highest BCUT2D eigenvalue weighted by Gasteiger charge is 2.58. The summed E-state index contributed by atoms with van der Waals surface area (Å²) in [4.78, 5) is 37.6. The molecule has 0 spiro atoms. The summed E-state index contributed by atoms with van der Waals surface area (Å²) in [7, 11) is -13.2. The van der Waals surface area contributed by atoms with Crippen molar-refractivity contribution in [1.29, 1.82) is 0 Å². The summed E-state index contributed by atoms with van der Waals surface area (Å²) < 4.78 is 46.8. The van der Waals surface area contributed by atoms with Crippen LogP contribution in [0.15, 0.2) is 35.2 Å². The maximum Gasteiger partial charge on any atom is 0.369 e. The molecule has 1 rings (SSSR count). The number of hydrogen-bond acceptors (Lipinski definition) is 6. The van der Waals surface area contributed by atoms with Gasteiger partial charge in [-0.2, -0.15) is 0 Å². The van der Waals surface area contributed by atoms with Crippen molar-refractivity contribution in [2.45, 2.75) is 16.4 Å². The lowest BCUT2D eigenvalue weighted by atomic mass is 10.4. The molecule has 1 aromatic carbocycles. The van der Waals surface area contributed by atoms with Crippen LogP contribution in [0, 0.1) is 0 Å². The minimum absolute atomic E-state index is 0.0599. The van der Waals surface area contributed by atoms with Gasteiger partial charge in [0.1, 0.15) is 0 Å². The van der Waals surface area contributed by atoms with Gasteiger partial charge in [-0.3, -0.25) is 9.13 Å². The third-order valence-corrected chi connectivity index (χ3v) is 9.19. The Bertz CT molecular complexity index is 749. The van der Waals surface area contributed by atoms with E-state index in [1.54, 1.807) is 18.2 Å². The summed E-state index contributed by atoms with van der Waals surface area (Å²) in [6, 6.07) is 7.65. The largest absolute Gasteiger partial charge is 0.369 e. The predicted molar refractivity (Wildman–Crippen MR) is 89.6 cm³/mol. The molecule has 0 aliphatic rings. The van der Waals surface area contributed by atoms with Crippen molar-refractivity contribution in [2.24, 2.45) is 0 Å². The fraction of sp³-hybridized carbons (Fsp3) is 0.500. The van der Waals surface area contributed by atoms with Crippen LogP contribution >= 0.6 is 15.2 Å². The summed E-state index contributed by atoms with van der Waals surface area (Å²) in [5.74, 6) is -0.308. The van der Waals surface area contributed by atoms with E-state index in [-0.39, 0.29) is 23.7 Å². The minimum Gasteiger partial charge on any atom is -0.367 e. The second-order valence-corrected chi connectivity index (χ2v) is 11.7. The third-order valence-electron chi connectivity index (χ3n) is 3.61. The minimum atomic E-state index is -5.52. The van der Waals surface area contributed by atoms with Crippen LogP contribution < -0.4 is 0 Å². The van der Waals surface area contributed by atoms with Crippen molar-refractivity contribution >= 4 is 25.0 Å². The Morgan fingerprint density at radius 1 is 1.00 bits per heavy atom. The molecule has 25 heavy (non-hydrogen) atoms. The molecule has 10 nitrogen and oxygen atoms in total. The Hall–Kier alpha value is -0.610. The molecule has 0 aliphatic heterocycles. The van der Waals surface area contributed by atoms with Crippen LogP contribution in [0.5, 0.6) is 0 Å². The summed E-state index contributed by atoms with van der Waals surface area (Å²) >= 11 is 0. The second-order valence-electron chi connectivity index (χ2n) is 5.55. The normalized spacial score (nSPS) is 14.0. The zero-order valence-electron chi connectivity index (χ0n) is 13.3. The molecule has 0 amide bonds. The van der Waals surface area contributed by atoms with E-state index in [0.717, 1.165) is 0 Å². The molecular weight excluding hydrogens is 396 g/mol. The number of nitrogens with zero attached hydrogens (tertiary/aromatic N) is 1. The van der Waals surface area contributed by atoms with Crippen molar-refractivity contribution in [3.8, 4) is 0 Å². The van der Waals surface area contributed by atoms with Crippen molar-refractivity contribution < 1.29 is 42.2 Å². The zero-order valence-corrected chi connectivity index (χ0v) is 15.9. The number of sulfone groups is 1. The van der Waals surface area contributed by atoms with Crippen molar-refractivity contribution in [3.05, 3.63) is 30.3 Å². The van der Waals surface area contributed by atoms with Gasteiger partial charge in [0.25, 0.3) is 5.08 Å². The van der Waals surface area contributed by atoms with Crippen LogP contribution in [0.3, 0.4) is 0 Å². The molecule has 0 saturated carbocycles. The molecule has 0 aliphatic carbocycles. The van der Waals surface area contributed by atoms with Gasteiger partial charge in [-0.1, -0.05) is 18.2 Å². The van der Waals surface area contributed by atoms with Crippen LogP contribution in [0.2, 0.25) is 0 Å². The number of benzene rings is 1. The van der Waals surface area contributed by atoms with Crippen molar-refractivity contribution in [2.75, 3.05) is 25.9 Å². The van der Waals surface area contributed by atoms with Gasteiger partial charge in [-0.05, 0) is 19.2 Å². The Kier molecular flexibility index (Phi) is 7.14. The second kappa shape index (κ2) is 7.96. The zero-order chi connectivity index (χ0) is 19.5. The molecule has 0 saturated heterocycles. The SMILES string of the molecule is CN(CCC(O)(P(=O)(O)O)P(=O)(O)O)CCS(=O)(=O)c1ccccc1. The summed E-state index contributed by atoms with van der Waals surface area (Å²) in [6.45, 7) is -0.396. The highest BCUT2D eigenvalue weighted by molar-refractivity contribution is 7.91. The molecule has 0 heterocycles. The first-order valence-corrected chi connectivity index (χ1v) is 11.9. The third kappa shape index (κ3) is 5.68. The molecule has 0 aromatic heterocycles. The average Bonchev–Trinajstić information content (AvgIpc) is 2.49. The molecule has 0 fully saturated rings. The standard InChI is InChI=1S/C12H21NO9P2S/c1-13(8-7-12(14,23(15,16)17)24(18,19)20)9-10-25(21,22)11-5-3-2-4-6-11/h2-6,14H,7-10H2,1H3,(H2,15,16,17)(H2,18,19,20). The van der Waals surface area contributed by atoms with E-state index < -0.39 is 36.5 Å². The Balaban J connectivity index is 2.73. The Morgan fingerprint density at radius 3 is 1.92 bits per heavy atom. The van der Waals surface area contributed by atoms with Crippen LogP contribution in [-0.2, 0) is 19.0 Å². The van der Waals surface area contributed by atoms with E-state index in [4.69, 9.17) is 19.6 Å². The monoisotopic (exact) mass is 417 g/mol. The molecular formula is C12H21NO9P2S. The lowest BCUT2D eigenvalue weighted by molar-refractivity contribution is 0.113. The van der Waals surface area contributed by atoms with Gasteiger partial charge in [0, 0.05) is 19.5 Å². The van der Waals surface area contributed by atoms with Gasteiger partial charge < -0.3 is 29.6 Å². The molecule has 0 bridgehead atoms. The molecule has 144 valence electrons. The summed E-state index contributed by atoms with van der Waals surface area (Å²) in [5, 5.41) is 6.26. The van der Waals surface area contributed by atoms with Gasteiger partial charge in [-0.25, -0.2) is 8.42 Å². The maximum atomic E-state index is 12.1. The Labute approximate surface area is 145 Å². The molecule has 5 N–H and O–H groups in total. The quantitative estimate of drug-likeness (QED) is 0.338. The fourth-order valence-corrected chi connectivity index (χ4v) is 5.44. The number of hydrogen-bond donors (Lipinski definition) is 5. The van der Waals surface area contributed by atoms with E-state index in [1.165, 1.54) is 24.1 Å². The van der Waals surface area contributed by atoms with Crippen LogP contribution in [0.4, 0.5) is 0 Å². The van der Waals surface area contributed by atoms with Gasteiger partial charge in [-0.15, -0.1) is 0 Å².